The van der Waals surface area contributed by atoms with Gasteiger partial charge in [-0.3, -0.25) is 4.79 Å². The predicted octanol–water partition coefficient (Wildman–Crippen LogP) is 4.39. The average Bonchev–Trinajstić information content (AvgIpc) is 3.73. The summed E-state index contributed by atoms with van der Waals surface area (Å²) < 4.78 is 23.3. The first-order valence-electron chi connectivity index (χ1n) is 14.9. The van der Waals surface area contributed by atoms with Crippen molar-refractivity contribution in [3.8, 4) is 0 Å². The molecule has 4 fully saturated rings. The van der Waals surface area contributed by atoms with Crippen LogP contribution in [0.15, 0.2) is 47.6 Å². The molecule has 1 amide bonds. The molecule has 0 aromatic heterocycles. The fourth-order valence-corrected chi connectivity index (χ4v) is 7.20. The first kappa shape index (κ1) is 27.5. The zero-order valence-electron chi connectivity index (χ0n) is 23.7. The van der Waals surface area contributed by atoms with Crippen molar-refractivity contribution in [3.63, 3.8) is 0 Å². The van der Waals surface area contributed by atoms with Crippen molar-refractivity contribution in [2.45, 2.75) is 114 Å². The zero-order valence-corrected chi connectivity index (χ0v) is 23.7. The van der Waals surface area contributed by atoms with Crippen molar-refractivity contribution < 1.29 is 33.3 Å². The molecule has 0 unspecified atom stereocenters. The Bertz CT molecular complexity index is 1110. The van der Waals surface area contributed by atoms with Gasteiger partial charge in [0.15, 0.2) is 0 Å². The Hall–Kier alpha value is -2.71. The Kier molecular flexibility index (Phi) is 7.06. The zero-order chi connectivity index (χ0) is 28.2. The van der Waals surface area contributed by atoms with Crippen LogP contribution in [0.2, 0.25) is 0 Å². The molecule has 1 N–H and O–H groups in total. The van der Waals surface area contributed by atoms with E-state index in [-0.39, 0.29) is 65.3 Å². The molecule has 4 aliphatic heterocycles. The lowest BCUT2D eigenvalue weighted by molar-refractivity contribution is -0.140. The van der Waals surface area contributed by atoms with Crippen LogP contribution in [0.4, 0.5) is 0 Å². The van der Waals surface area contributed by atoms with Gasteiger partial charge in [-0.25, -0.2) is 9.59 Å². The van der Waals surface area contributed by atoms with E-state index in [0.29, 0.717) is 30.5 Å². The topological polar surface area (TPSA) is 107 Å². The normalized spacial score (nSPS) is 43.4. The van der Waals surface area contributed by atoms with Crippen LogP contribution >= 0.6 is 0 Å². The largest absolute Gasteiger partial charge is 0.455 e. The molecule has 8 nitrogen and oxygen atoms in total. The molecule has 0 bridgehead atoms. The summed E-state index contributed by atoms with van der Waals surface area (Å²) in [6, 6.07) is 0. The highest BCUT2D eigenvalue weighted by molar-refractivity contribution is 5.91. The maximum atomic E-state index is 12.9. The molecule has 0 saturated carbocycles. The molecular weight excluding hydrogens is 510 g/mol. The molecule has 4 saturated heterocycles. The Labute approximate surface area is 236 Å². The standard InChI is InChI=1S/C32H41NO7/c1-18-22-12-9-20(7-5-15-31(3)27(39-31)25(22)37-29(18)35)11-14-24(34)33-17-21-8-6-16-32(4)28(40-32)26-23(13-10-21)19(2)30(36)38-26/h7-8,22-23,25-28H,1-2,5-6,9-17H2,3-4H3,(H,33,34)/b20-7+,21-8+/t22-,23-,25-,26-,27-,28-,31+,32+/m0/s1. The molecular formula is C32H41NO7. The molecule has 0 radical (unpaired) electrons. The SMILES string of the molecule is C=C1C(=O)O[C@H]2[C@H]1CC/C(CCC(=O)NC/C1=C/CC[C@@]3(C)O[C@H]3[C@H]3OC(=O)C(=C)[C@@H]3CC1)=C\CC[C@@]1(C)O[C@@H]21. The van der Waals surface area contributed by atoms with Gasteiger partial charge >= 0.3 is 11.9 Å². The van der Waals surface area contributed by atoms with Crippen LogP contribution in [0.25, 0.3) is 0 Å². The number of epoxide rings is 2. The quantitative estimate of drug-likeness (QED) is 0.234. The Morgan fingerprint density at radius 2 is 1.38 bits per heavy atom. The van der Waals surface area contributed by atoms with Crippen molar-refractivity contribution in [3.05, 3.63) is 47.6 Å². The van der Waals surface area contributed by atoms with Gasteiger partial charge in [-0.2, -0.15) is 0 Å². The van der Waals surface area contributed by atoms with E-state index in [9.17, 15) is 14.4 Å². The van der Waals surface area contributed by atoms with Crippen LogP contribution in [0.1, 0.15) is 78.1 Å². The van der Waals surface area contributed by atoms with E-state index in [1.54, 1.807) is 0 Å². The van der Waals surface area contributed by atoms with Crippen molar-refractivity contribution in [1.29, 1.82) is 0 Å². The van der Waals surface area contributed by atoms with E-state index in [2.05, 4.69) is 44.5 Å². The van der Waals surface area contributed by atoms with Crippen molar-refractivity contribution in [1.82, 2.24) is 5.32 Å². The number of nitrogens with one attached hydrogen (secondary N) is 1. The molecule has 4 heterocycles. The molecule has 8 heteroatoms. The Morgan fingerprint density at radius 1 is 0.875 bits per heavy atom. The molecule has 2 aliphatic carbocycles. The second kappa shape index (κ2) is 10.3. The fraction of sp³-hybridized carbons (Fsp3) is 0.656. The summed E-state index contributed by atoms with van der Waals surface area (Å²) in [5, 5.41) is 3.12. The van der Waals surface area contributed by atoms with Gasteiger partial charge in [0.25, 0.3) is 0 Å². The van der Waals surface area contributed by atoms with Gasteiger partial charge in [0.1, 0.15) is 24.4 Å². The third kappa shape index (κ3) is 5.20. The lowest BCUT2D eigenvalue weighted by Crippen LogP contribution is -2.30. The summed E-state index contributed by atoms with van der Waals surface area (Å²) >= 11 is 0. The van der Waals surface area contributed by atoms with E-state index in [1.807, 2.05) is 0 Å². The molecule has 0 spiro atoms. The third-order valence-corrected chi connectivity index (χ3v) is 10.1. The number of hydrogen-bond acceptors (Lipinski definition) is 7. The summed E-state index contributed by atoms with van der Waals surface area (Å²) in [5.74, 6) is -0.687. The summed E-state index contributed by atoms with van der Waals surface area (Å²) in [7, 11) is 0. The van der Waals surface area contributed by atoms with E-state index in [0.717, 1.165) is 51.4 Å². The minimum Gasteiger partial charge on any atom is -0.455 e. The van der Waals surface area contributed by atoms with Gasteiger partial charge in [0.2, 0.25) is 5.91 Å². The van der Waals surface area contributed by atoms with Crippen molar-refractivity contribution in [2.24, 2.45) is 11.8 Å². The van der Waals surface area contributed by atoms with Crippen LogP contribution in [0.5, 0.6) is 0 Å². The number of fused-ring (bicyclic) bond motifs is 6. The average molecular weight is 552 g/mol. The number of amides is 1. The van der Waals surface area contributed by atoms with Crippen LogP contribution in [0, 0.1) is 11.8 Å². The van der Waals surface area contributed by atoms with Gasteiger partial charge in [-0.05, 0) is 71.6 Å². The number of ether oxygens (including phenoxy) is 4. The lowest BCUT2D eigenvalue weighted by atomic mass is 9.83. The van der Waals surface area contributed by atoms with Crippen molar-refractivity contribution >= 4 is 17.8 Å². The first-order chi connectivity index (χ1) is 19.1. The number of carbonyl (C=O) groups is 3. The molecule has 0 aromatic rings. The van der Waals surface area contributed by atoms with E-state index < -0.39 is 0 Å². The van der Waals surface area contributed by atoms with Gasteiger partial charge in [0.05, 0.1) is 11.2 Å². The minimum absolute atomic E-state index is 0.0226. The molecule has 6 rings (SSSR count). The van der Waals surface area contributed by atoms with E-state index in [4.69, 9.17) is 18.9 Å². The summed E-state index contributed by atoms with van der Waals surface area (Å²) in [4.78, 5) is 37.3. The van der Waals surface area contributed by atoms with Gasteiger partial charge in [-0.15, -0.1) is 0 Å². The first-order valence-corrected chi connectivity index (χ1v) is 14.9. The Morgan fingerprint density at radius 3 is 1.93 bits per heavy atom. The number of allylic oxidation sites excluding steroid dienone is 3. The van der Waals surface area contributed by atoms with Crippen LogP contribution < -0.4 is 5.32 Å². The molecule has 40 heavy (non-hydrogen) atoms. The maximum Gasteiger partial charge on any atom is 0.334 e. The summed E-state index contributed by atoms with van der Waals surface area (Å²) in [6.07, 6.45) is 11.5. The van der Waals surface area contributed by atoms with E-state index >= 15 is 0 Å². The molecule has 216 valence electrons. The third-order valence-electron chi connectivity index (χ3n) is 10.1. The number of hydrogen-bond donors (Lipinski definition) is 1. The van der Waals surface area contributed by atoms with Gasteiger partial charge in [-0.1, -0.05) is 36.5 Å². The molecule has 0 aromatic carbocycles. The van der Waals surface area contributed by atoms with Crippen LogP contribution in [-0.4, -0.2) is 60.0 Å². The number of esters is 2. The van der Waals surface area contributed by atoms with Gasteiger partial charge in [0, 0.05) is 35.9 Å². The Balaban J connectivity index is 1.02. The second-order valence-electron chi connectivity index (χ2n) is 12.9. The van der Waals surface area contributed by atoms with Crippen LogP contribution in [-0.2, 0) is 33.3 Å². The molecule has 8 atom stereocenters. The smallest absolute Gasteiger partial charge is 0.334 e. The van der Waals surface area contributed by atoms with Crippen LogP contribution in [0.3, 0.4) is 0 Å². The van der Waals surface area contributed by atoms with Gasteiger partial charge < -0.3 is 24.3 Å². The van der Waals surface area contributed by atoms with E-state index in [1.165, 1.54) is 11.1 Å². The van der Waals surface area contributed by atoms with Crippen molar-refractivity contribution in [2.75, 3.05) is 6.54 Å². The summed E-state index contributed by atoms with van der Waals surface area (Å²) in [5.41, 5.74) is 2.95. The highest BCUT2D eigenvalue weighted by atomic mass is 16.7. The lowest BCUT2D eigenvalue weighted by Gasteiger charge is -2.20. The fourth-order valence-electron chi connectivity index (χ4n) is 7.20. The maximum absolute atomic E-state index is 12.9. The highest BCUT2D eigenvalue weighted by Crippen LogP contribution is 2.51. The number of carbonyl (C=O) groups excluding carboxylic acids is 3. The molecule has 6 aliphatic rings. The number of rotatable bonds is 5. The monoisotopic (exact) mass is 551 g/mol. The minimum atomic E-state index is -0.314. The highest BCUT2D eigenvalue weighted by Gasteiger charge is 2.62. The summed E-state index contributed by atoms with van der Waals surface area (Å²) in [6.45, 7) is 12.7. The second-order valence-corrected chi connectivity index (χ2v) is 12.9. The predicted molar refractivity (Wildman–Crippen MR) is 147 cm³/mol.